The van der Waals surface area contributed by atoms with E-state index >= 15 is 0 Å². The molecular formula is C8H15NO. The van der Waals surface area contributed by atoms with E-state index in [0.717, 1.165) is 32.5 Å². The van der Waals surface area contributed by atoms with Crippen molar-refractivity contribution in [3.8, 4) is 0 Å². The molecule has 1 atom stereocenters. The Morgan fingerprint density at radius 1 is 1.70 bits per heavy atom. The molecule has 0 aliphatic carbocycles. The molecule has 0 saturated carbocycles. The molecule has 2 nitrogen and oxygen atoms in total. The predicted molar refractivity (Wildman–Crippen MR) is 41.9 cm³/mol. The molecule has 1 heterocycles. The quantitative estimate of drug-likeness (QED) is 0.583. The van der Waals surface area contributed by atoms with Crippen molar-refractivity contribution in [3.63, 3.8) is 0 Å². The summed E-state index contributed by atoms with van der Waals surface area (Å²) in [6, 6.07) is 0. The summed E-state index contributed by atoms with van der Waals surface area (Å²) in [5.74, 6) is 0. The highest BCUT2D eigenvalue weighted by Gasteiger charge is 2.18. The minimum absolute atomic E-state index is 0.0789. The Kier molecular flexibility index (Phi) is 2.90. The van der Waals surface area contributed by atoms with E-state index in [9.17, 15) is 0 Å². The first-order valence-electron chi connectivity index (χ1n) is 3.84. The Hall–Kier alpha value is -0.340. The van der Waals surface area contributed by atoms with Gasteiger partial charge in [0.05, 0.1) is 6.10 Å². The summed E-state index contributed by atoms with van der Waals surface area (Å²) in [6.07, 6.45) is 3.82. The zero-order valence-electron chi connectivity index (χ0n) is 6.29. The number of nitrogens with zero attached hydrogens (tertiary/aromatic N) is 1. The molecule has 1 N–H and O–H groups in total. The van der Waals surface area contributed by atoms with Gasteiger partial charge in [-0.3, -0.25) is 0 Å². The molecule has 1 fully saturated rings. The maximum Gasteiger partial charge on any atom is 0.0679 e. The van der Waals surface area contributed by atoms with Gasteiger partial charge in [0.1, 0.15) is 0 Å². The standard InChI is InChI=1S/C8H15NO/c1-2-3-5-9-6-4-8(10)7-9/h2,8,10H,1,3-7H2/t8-/m0/s1. The number of likely N-dealkylation sites (tertiary alicyclic amines) is 1. The van der Waals surface area contributed by atoms with Gasteiger partial charge in [-0.15, -0.1) is 6.58 Å². The molecule has 58 valence electrons. The summed E-state index contributed by atoms with van der Waals surface area (Å²) in [5, 5.41) is 9.13. The number of rotatable bonds is 3. The van der Waals surface area contributed by atoms with Gasteiger partial charge in [0.25, 0.3) is 0 Å². The first-order valence-corrected chi connectivity index (χ1v) is 3.84. The normalized spacial score (nSPS) is 27.1. The van der Waals surface area contributed by atoms with Crippen LogP contribution in [0.1, 0.15) is 12.8 Å². The highest BCUT2D eigenvalue weighted by molar-refractivity contribution is 4.77. The van der Waals surface area contributed by atoms with E-state index in [4.69, 9.17) is 5.11 Å². The van der Waals surface area contributed by atoms with Gasteiger partial charge in [0.15, 0.2) is 0 Å². The van der Waals surface area contributed by atoms with Gasteiger partial charge in [-0.05, 0) is 12.8 Å². The molecule has 0 aromatic carbocycles. The van der Waals surface area contributed by atoms with Crippen LogP contribution in [-0.2, 0) is 0 Å². The van der Waals surface area contributed by atoms with E-state index in [1.54, 1.807) is 0 Å². The molecule has 0 bridgehead atoms. The topological polar surface area (TPSA) is 23.5 Å². The number of hydrogen-bond acceptors (Lipinski definition) is 2. The minimum atomic E-state index is -0.0789. The molecule has 10 heavy (non-hydrogen) atoms. The first-order chi connectivity index (χ1) is 4.83. The van der Waals surface area contributed by atoms with E-state index in [0.29, 0.717) is 0 Å². The van der Waals surface area contributed by atoms with Crippen molar-refractivity contribution in [3.05, 3.63) is 12.7 Å². The second-order valence-corrected chi connectivity index (χ2v) is 2.82. The van der Waals surface area contributed by atoms with Crippen LogP contribution in [0.2, 0.25) is 0 Å². The summed E-state index contributed by atoms with van der Waals surface area (Å²) in [4.78, 5) is 2.27. The summed E-state index contributed by atoms with van der Waals surface area (Å²) in [5.41, 5.74) is 0. The van der Waals surface area contributed by atoms with Crippen molar-refractivity contribution in [1.29, 1.82) is 0 Å². The van der Waals surface area contributed by atoms with Crippen LogP contribution in [0.4, 0.5) is 0 Å². The number of aliphatic hydroxyl groups is 1. The average Bonchev–Trinajstić information content (AvgIpc) is 2.31. The van der Waals surface area contributed by atoms with E-state index in [-0.39, 0.29) is 6.10 Å². The van der Waals surface area contributed by atoms with Crippen LogP contribution in [0.3, 0.4) is 0 Å². The van der Waals surface area contributed by atoms with Crippen LogP contribution in [0.5, 0.6) is 0 Å². The van der Waals surface area contributed by atoms with Crippen molar-refractivity contribution < 1.29 is 5.11 Å². The Bertz CT molecular complexity index is 114. The first kappa shape index (κ1) is 7.76. The third-order valence-electron chi connectivity index (χ3n) is 1.90. The zero-order chi connectivity index (χ0) is 7.40. The molecule has 1 aliphatic rings. The van der Waals surface area contributed by atoms with Crippen LogP contribution >= 0.6 is 0 Å². The van der Waals surface area contributed by atoms with Gasteiger partial charge >= 0.3 is 0 Å². The number of aliphatic hydroxyl groups excluding tert-OH is 1. The van der Waals surface area contributed by atoms with Crippen LogP contribution in [0.25, 0.3) is 0 Å². The molecule has 0 unspecified atom stereocenters. The highest BCUT2D eigenvalue weighted by Crippen LogP contribution is 2.08. The van der Waals surface area contributed by atoms with E-state index < -0.39 is 0 Å². The van der Waals surface area contributed by atoms with Crippen molar-refractivity contribution in [2.75, 3.05) is 19.6 Å². The Balaban J connectivity index is 2.12. The lowest BCUT2D eigenvalue weighted by Gasteiger charge is -2.12. The molecular weight excluding hydrogens is 126 g/mol. The van der Waals surface area contributed by atoms with Crippen molar-refractivity contribution in [2.24, 2.45) is 0 Å². The summed E-state index contributed by atoms with van der Waals surface area (Å²) in [7, 11) is 0. The highest BCUT2D eigenvalue weighted by atomic mass is 16.3. The fourth-order valence-corrected chi connectivity index (χ4v) is 1.29. The van der Waals surface area contributed by atoms with Crippen molar-refractivity contribution >= 4 is 0 Å². The van der Waals surface area contributed by atoms with E-state index in [1.165, 1.54) is 0 Å². The van der Waals surface area contributed by atoms with Crippen LogP contribution in [0.15, 0.2) is 12.7 Å². The van der Waals surface area contributed by atoms with Gasteiger partial charge in [-0.25, -0.2) is 0 Å². The van der Waals surface area contributed by atoms with Gasteiger partial charge in [-0.2, -0.15) is 0 Å². The lowest BCUT2D eigenvalue weighted by atomic mass is 10.3. The third kappa shape index (κ3) is 2.12. The third-order valence-corrected chi connectivity index (χ3v) is 1.90. The predicted octanol–water partition coefficient (Wildman–Crippen LogP) is 0.629. The fourth-order valence-electron chi connectivity index (χ4n) is 1.29. The SMILES string of the molecule is C=CCCN1CC[C@H](O)C1. The van der Waals surface area contributed by atoms with Gasteiger partial charge in [-0.1, -0.05) is 6.08 Å². The summed E-state index contributed by atoms with van der Waals surface area (Å²) >= 11 is 0. The Morgan fingerprint density at radius 3 is 3.00 bits per heavy atom. The van der Waals surface area contributed by atoms with Gasteiger partial charge in [0, 0.05) is 19.6 Å². The van der Waals surface area contributed by atoms with Gasteiger partial charge in [0.2, 0.25) is 0 Å². The van der Waals surface area contributed by atoms with Gasteiger partial charge < -0.3 is 10.0 Å². The monoisotopic (exact) mass is 141 g/mol. The average molecular weight is 141 g/mol. The molecule has 0 aromatic heterocycles. The Labute approximate surface area is 62.2 Å². The van der Waals surface area contributed by atoms with Crippen LogP contribution in [0, 0.1) is 0 Å². The summed E-state index contributed by atoms with van der Waals surface area (Å²) < 4.78 is 0. The molecule has 0 radical (unpaired) electrons. The van der Waals surface area contributed by atoms with E-state index in [2.05, 4.69) is 11.5 Å². The second kappa shape index (κ2) is 3.74. The van der Waals surface area contributed by atoms with Crippen molar-refractivity contribution in [2.45, 2.75) is 18.9 Å². The number of hydrogen-bond donors (Lipinski definition) is 1. The zero-order valence-corrected chi connectivity index (χ0v) is 6.29. The Morgan fingerprint density at radius 2 is 2.50 bits per heavy atom. The smallest absolute Gasteiger partial charge is 0.0679 e. The molecule has 2 heteroatoms. The molecule has 0 aromatic rings. The van der Waals surface area contributed by atoms with Crippen molar-refractivity contribution in [1.82, 2.24) is 4.90 Å². The minimum Gasteiger partial charge on any atom is -0.392 e. The molecule has 1 aliphatic heterocycles. The maximum absolute atomic E-state index is 9.13. The van der Waals surface area contributed by atoms with Crippen LogP contribution in [-0.4, -0.2) is 35.7 Å². The molecule has 1 rings (SSSR count). The lowest BCUT2D eigenvalue weighted by molar-refractivity contribution is 0.177. The summed E-state index contributed by atoms with van der Waals surface area (Å²) in [6.45, 7) is 6.61. The molecule has 0 amide bonds. The molecule has 0 spiro atoms. The second-order valence-electron chi connectivity index (χ2n) is 2.82. The largest absolute Gasteiger partial charge is 0.392 e. The van der Waals surface area contributed by atoms with E-state index in [1.807, 2.05) is 6.08 Å². The molecule has 1 saturated heterocycles. The number of β-amino-alcohol motifs (C(OH)–C–C–N with tert-alkyl or cyclic N) is 1. The maximum atomic E-state index is 9.13. The lowest BCUT2D eigenvalue weighted by Crippen LogP contribution is -2.22. The fraction of sp³-hybridized carbons (Fsp3) is 0.750. The van der Waals surface area contributed by atoms with Crippen LogP contribution < -0.4 is 0 Å².